The average Bonchev–Trinajstić information content (AvgIpc) is 3.36. The first kappa shape index (κ1) is 17.5. The Hall–Kier alpha value is -2.87. The molecule has 0 spiro atoms. The Bertz CT molecular complexity index is 870. The summed E-state index contributed by atoms with van der Waals surface area (Å²) < 4.78 is 18.3. The molecule has 3 heterocycles. The summed E-state index contributed by atoms with van der Waals surface area (Å²) in [5, 5.41) is 7.45. The van der Waals surface area contributed by atoms with Gasteiger partial charge in [-0.25, -0.2) is 9.48 Å². The second-order valence-corrected chi connectivity index (χ2v) is 6.57. The van der Waals surface area contributed by atoms with Crippen LogP contribution in [-0.4, -0.2) is 47.2 Å². The maximum atomic E-state index is 13.0. The van der Waals surface area contributed by atoms with Gasteiger partial charge in [0, 0.05) is 17.9 Å². The summed E-state index contributed by atoms with van der Waals surface area (Å²) in [5.41, 5.74) is 1.98. The normalized spacial score (nSPS) is 21.6. The first-order valence-corrected chi connectivity index (χ1v) is 8.98. The second-order valence-electron chi connectivity index (χ2n) is 6.57. The number of methoxy groups -OCH3 is 1. The summed E-state index contributed by atoms with van der Waals surface area (Å²) in [5.74, 6) is 0.842. The minimum Gasteiger partial charge on any atom is -0.496 e. The molecule has 1 N–H and O–H groups in total. The van der Waals surface area contributed by atoms with Crippen molar-refractivity contribution in [2.75, 3.05) is 25.6 Å². The van der Waals surface area contributed by atoms with Crippen LogP contribution in [0.5, 0.6) is 5.75 Å². The molecular formula is C19H22N4O4. The summed E-state index contributed by atoms with van der Waals surface area (Å²) in [6.45, 7) is 2.80. The van der Waals surface area contributed by atoms with Gasteiger partial charge in [-0.15, -0.1) is 0 Å². The Labute approximate surface area is 157 Å². The Kier molecular flexibility index (Phi) is 4.81. The molecule has 2 aliphatic heterocycles. The lowest BCUT2D eigenvalue weighted by Crippen LogP contribution is -2.31. The van der Waals surface area contributed by atoms with Gasteiger partial charge in [-0.1, -0.05) is 18.2 Å². The van der Waals surface area contributed by atoms with Crippen LogP contribution in [0.4, 0.5) is 5.95 Å². The SMILES string of the molecule is COc1ccccc1C1C(C(=O)OCC2CCCO2)=C(C)Nc2ncnn21. The Morgan fingerprint density at radius 2 is 2.26 bits per heavy atom. The van der Waals surface area contributed by atoms with E-state index in [2.05, 4.69) is 15.4 Å². The van der Waals surface area contributed by atoms with Crippen molar-refractivity contribution in [2.24, 2.45) is 0 Å². The highest BCUT2D eigenvalue weighted by molar-refractivity contribution is 5.92. The summed E-state index contributed by atoms with van der Waals surface area (Å²) >= 11 is 0. The zero-order chi connectivity index (χ0) is 18.8. The molecule has 0 radical (unpaired) electrons. The van der Waals surface area contributed by atoms with Gasteiger partial charge in [0.05, 0.1) is 18.8 Å². The molecule has 1 saturated heterocycles. The zero-order valence-corrected chi connectivity index (χ0v) is 15.3. The summed E-state index contributed by atoms with van der Waals surface area (Å²) in [6.07, 6.45) is 3.33. The molecule has 0 amide bonds. The van der Waals surface area contributed by atoms with Gasteiger partial charge in [0.2, 0.25) is 5.95 Å². The Morgan fingerprint density at radius 1 is 1.41 bits per heavy atom. The van der Waals surface area contributed by atoms with E-state index in [4.69, 9.17) is 14.2 Å². The number of rotatable bonds is 5. The molecule has 1 fully saturated rings. The fourth-order valence-corrected chi connectivity index (χ4v) is 3.56. The molecule has 8 nitrogen and oxygen atoms in total. The minimum absolute atomic E-state index is 0.0296. The van der Waals surface area contributed by atoms with Crippen molar-refractivity contribution >= 4 is 11.9 Å². The van der Waals surface area contributed by atoms with Crippen LogP contribution in [0.15, 0.2) is 41.9 Å². The number of carbonyl (C=O) groups excluding carboxylic acids is 1. The maximum Gasteiger partial charge on any atom is 0.338 e. The summed E-state index contributed by atoms with van der Waals surface area (Å²) in [7, 11) is 1.61. The van der Waals surface area contributed by atoms with Gasteiger partial charge in [0.25, 0.3) is 0 Å². The largest absolute Gasteiger partial charge is 0.496 e. The number of ether oxygens (including phenoxy) is 3. The molecule has 1 aromatic heterocycles. The van der Waals surface area contributed by atoms with Crippen molar-refractivity contribution in [1.29, 1.82) is 0 Å². The second kappa shape index (κ2) is 7.40. The van der Waals surface area contributed by atoms with Crippen molar-refractivity contribution in [3.8, 4) is 5.75 Å². The molecule has 8 heteroatoms. The van der Waals surface area contributed by atoms with Gasteiger partial charge in [-0.3, -0.25) is 0 Å². The molecule has 2 aliphatic rings. The van der Waals surface area contributed by atoms with Crippen molar-refractivity contribution in [3.63, 3.8) is 0 Å². The maximum absolute atomic E-state index is 13.0. The quantitative estimate of drug-likeness (QED) is 0.808. The molecule has 2 aromatic rings. The van der Waals surface area contributed by atoms with E-state index in [0.29, 0.717) is 23.0 Å². The standard InChI is InChI=1S/C19H22N4O4/c1-12-16(18(24)27-10-13-6-5-9-26-13)17(23-19(22-12)20-11-21-23)14-7-3-4-8-15(14)25-2/h3-4,7-8,11,13,17H,5-6,9-10H2,1-2H3,(H,20,21,22). The summed E-state index contributed by atoms with van der Waals surface area (Å²) in [6, 6.07) is 7.08. The average molecular weight is 370 g/mol. The lowest BCUT2D eigenvalue weighted by molar-refractivity contribution is -0.142. The zero-order valence-electron chi connectivity index (χ0n) is 15.3. The van der Waals surface area contributed by atoms with E-state index in [0.717, 1.165) is 25.0 Å². The molecule has 0 saturated carbocycles. The van der Waals surface area contributed by atoms with Crippen molar-refractivity contribution in [1.82, 2.24) is 14.8 Å². The lowest BCUT2D eigenvalue weighted by atomic mass is 9.95. The lowest BCUT2D eigenvalue weighted by Gasteiger charge is -2.29. The first-order chi connectivity index (χ1) is 13.2. The highest BCUT2D eigenvalue weighted by Crippen LogP contribution is 2.39. The number of hydrogen-bond acceptors (Lipinski definition) is 7. The fourth-order valence-electron chi connectivity index (χ4n) is 3.56. The number of nitrogens with zero attached hydrogens (tertiary/aromatic N) is 3. The highest BCUT2D eigenvalue weighted by atomic mass is 16.6. The van der Waals surface area contributed by atoms with Crippen LogP contribution in [0.1, 0.15) is 31.4 Å². The first-order valence-electron chi connectivity index (χ1n) is 8.98. The topological polar surface area (TPSA) is 87.5 Å². The van der Waals surface area contributed by atoms with E-state index in [9.17, 15) is 4.79 Å². The number of aromatic nitrogens is 3. The third-order valence-electron chi connectivity index (χ3n) is 4.87. The molecule has 1 aromatic carbocycles. The Balaban J connectivity index is 1.69. The van der Waals surface area contributed by atoms with Crippen molar-refractivity contribution < 1.29 is 19.0 Å². The Morgan fingerprint density at radius 3 is 3.04 bits per heavy atom. The fraction of sp³-hybridized carbons (Fsp3) is 0.421. The van der Waals surface area contributed by atoms with Crippen LogP contribution >= 0.6 is 0 Å². The third-order valence-corrected chi connectivity index (χ3v) is 4.87. The van der Waals surface area contributed by atoms with Crippen LogP contribution in [0.2, 0.25) is 0 Å². The third kappa shape index (κ3) is 3.28. The molecule has 2 unspecified atom stereocenters. The predicted octanol–water partition coefficient (Wildman–Crippen LogP) is 2.30. The van der Waals surface area contributed by atoms with Crippen LogP contribution in [-0.2, 0) is 14.3 Å². The number of para-hydroxylation sites is 1. The van der Waals surface area contributed by atoms with Crippen molar-refractivity contribution in [3.05, 3.63) is 47.4 Å². The van der Waals surface area contributed by atoms with E-state index in [-0.39, 0.29) is 12.7 Å². The molecule has 142 valence electrons. The number of hydrogen-bond donors (Lipinski definition) is 1. The van der Waals surface area contributed by atoms with E-state index in [1.165, 1.54) is 6.33 Å². The molecule has 4 rings (SSSR count). The van der Waals surface area contributed by atoms with Gasteiger partial charge in [-0.05, 0) is 25.8 Å². The summed E-state index contributed by atoms with van der Waals surface area (Å²) in [4.78, 5) is 17.2. The number of anilines is 1. The molecule has 0 bridgehead atoms. The number of benzene rings is 1. The van der Waals surface area contributed by atoms with Gasteiger partial charge < -0.3 is 19.5 Å². The monoisotopic (exact) mass is 370 g/mol. The van der Waals surface area contributed by atoms with E-state index < -0.39 is 12.0 Å². The number of esters is 1. The molecule has 2 atom stereocenters. The molecule has 27 heavy (non-hydrogen) atoms. The van der Waals surface area contributed by atoms with Gasteiger partial charge in [0.1, 0.15) is 24.7 Å². The van der Waals surface area contributed by atoms with Gasteiger partial charge >= 0.3 is 5.97 Å². The van der Waals surface area contributed by atoms with Gasteiger partial charge in [-0.2, -0.15) is 10.1 Å². The number of nitrogens with one attached hydrogen (secondary N) is 1. The molecular weight excluding hydrogens is 348 g/mol. The minimum atomic E-state index is -0.489. The van der Waals surface area contributed by atoms with E-state index >= 15 is 0 Å². The van der Waals surface area contributed by atoms with Crippen LogP contribution in [0.25, 0.3) is 0 Å². The highest BCUT2D eigenvalue weighted by Gasteiger charge is 2.36. The smallest absolute Gasteiger partial charge is 0.338 e. The molecule has 0 aliphatic carbocycles. The van der Waals surface area contributed by atoms with E-state index in [1.54, 1.807) is 11.8 Å². The van der Waals surface area contributed by atoms with Crippen LogP contribution in [0.3, 0.4) is 0 Å². The number of carbonyl (C=O) groups is 1. The van der Waals surface area contributed by atoms with Gasteiger partial charge in [0.15, 0.2) is 0 Å². The van der Waals surface area contributed by atoms with Crippen LogP contribution < -0.4 is 10.1 Å². The predicted molar refractivity (Wildman–Crippen MR) is 97.4 cm³/mol. The number of allylic oxidation sites excluding steroid dienone is 1. The van der Waals surface area contributed by atoms with Crippen LogP contribution in [0, 0.1) is 0 Å². The number of fused-ring (bicyclic) bond motifs is 1. The van der Waals surface area contributed by atoms with Crippen molar-refractivity contribution in [2.45, 2.75) is 31.9 Å². The van der Waals surface area contributed by atoms with E-state index in [1.807, 2.05) is 31.2 Å².